The molecule has 1 N–H and O–H groups in total. The van der Waals surface area contributed by atoms with Gasteiger partial charge in [0.2, 0.25) is 0 Å². The van der Waals surface area contributed by atoms with Gasteiger partial charge in [-0.3, -0.25) is 14.6 Å². The van der Waals surface area contributed by atoms with Gasteiger partial charge in [-0.15, -0.1) is 0 Å². The normalized spacial score (nSPS) is 15.4. The van der Waals surface area contributed by atoms with Gasteiger partial charge < -0.3 is 10.2 Å². The molecule has 0 bridgehead atoms. The number of aromatic nitrogens is 4. The lowest BCUT2D eigenvalue weighted by atomic mass is 9.94. The molecule has 4 aromatic rings. The van der Waals surface area contributed by atoms with E-state index < -0.39 is 0 Å². The van der Waals surface area contributed by atoms with E-state index in [2.05, 4.69) is 83.0 Å². The van der Waals surface area contributed by atoms with Gasteiger partial charge in [0.05, 0.1) is 17.4 Å². The summed E-state index contributed by atoms with van der Waals surface area (Å²) in [5.74, 6) is 0.766. The number of likely N-dealkylation sites (N-methyl/N-ethyl adjacent to an activating group) is 1. The molecule has 0 aliphatic carbocycles. The number of pyridine rings is 2. The van der Waals surface area contributed by atoms with E-state index in [1.54, 1.807) is 0 Å². The Hall–Kier alpha value is -3.55. The van der Waals surface area contributed by atoms with E-state index in [0.29, 0.717) is 0 Å². The fraction of sp³-hybridized carbons (Fsp3) is 0.321. The highest BCUT2D eigenvalue weighted by Crippen LogP contribution is 2.30. The van der Waals surface area contributed by atoms with Crippen molar-refractivity contribution in [2.75, 3.05) is 38.5 Å². The summed E-state index contributed by atoms with van der Waals surface area (Å²) in [4.78, 5) is 14.2. The molecule has 3 aromatic heterocycles. The monoisotopic (exact) mass is 467 g/mol. The molecule has 5 rings (SSSR count). The maximum absolute atomic E-state index is 4.73. The zero-order valence-corrected chi connectivity index (χ0v) is 21.0. The molecule has 0 radical (unpaired) electrons. The predicted molar refractivity (Wildman–Crippen MR) is 143 cm³/mol. The van der Waals surface area contributed by atoms with E-state index in [1.165, 1.54) is 0 Å². The molecule has 35 heavy (non-hydrogen) atoms. The van der Waals surface area contributed by atoms with Gasteiger partial charge in [-0.25, -0.2) is 4.98 Å². The highest BCUT2D eigenvalue weighted by atomic mass is 15.3. The number of piperazine rings is 1. The minimum absolute atomic E-state index is 0.151. The average molecular weight is 468 g/mol. The van der Waals surface area contributed by atoms with Crippen LogP contribution in [0.3, 0.4) is 0 Å². The lowest BCUT2D eigenvalue weighted by molar-refractivity contribution is 0.0580. The lowest BCUT2D eigenvalue weighted by Gasteiger charge is -2.43. The van der Waals surface area contributed by atoms with Crippen LogP contribution in [0.5, 0.6) is 0 Å². The smallest absolute Gasteiger partial charge is 0.130 e. The van der Waals surface area contributed by atoms with Crippen LogP contribution in [-0.2, 0) is 12.6 Å². The number of anilines is 1. The zero-order valence-electron chi connectivity index (χ0n) is 21.0. The summed E-state index contributed by atoms with van der Waals surface area (Å²) in [5, 5.41) is 9.90. The molecule has 0 unspecified atom stereocenters. The van der Waals surface area contributed by atoms with E-state index in [-0.39, 0.29) is 5.54 Å². The number of hydrogen-bond acceptors (Lipinski definition) is 6. The van der Waals surface area contributed by atoms with Gasteiger partial charge in [0.1, 0.15) is 5.82 Å². The van der Waals surface area contributed by atoms with Crippen molar-refractivity contribution in [3.63, 3.8) is 0 Å². The van der Waals surface area contributed by atoms with Gasteiger partial charge >= 0.3 is 0 Å². The molecule has 1 aliphatic heterocycles. The van der Waals surface area contributed by atoms with Gasteiger partial charge in [0.25, 0.3) is 0 Å². The molecule has 0 atom stereocenters. The third-order valence-electron chi connectivity index (χ3n) is 7.07. The van der Waals surface area contributed by atoms with Crippen molar-refractivity contribution in [3.8, 4) is 11.1 Å². The maximum atomic E-state index is 4.73. The van der Waals surface area contributed by atoms with Crippen LogP contribution >= 0.6 is 0 Å². The van der Waals surface area contributed by atoms with E-state index >= 15 is 0 Å². The number of benzene rings is 1. The SMILES string of the molecule is C=C(Nc1cc2cc(-c3cnn(C)c3)ccc2cn1)c1ccnc(C(C)(C)N2CCN(C)CC2)c1. The Morgan fingerprint density at radius 1 is 0.914 bits per heavy atom. The Morgan fingerprint density at radius 3 is 2.46 bits per heavy atom. The summed E-state index contributed by atoms with van der Waals surface area (Å²) in [5.41, 5.74) is 4.95. The Kier molecular flexibility index (Phi) is 6.13. The van der Waals surface area contributed by atoms with Crippen LogP contribution in [0.25, 0.3) is 27.6 Å². The molecule has 1 aromatic carbocycles. The molecule has 0 saturated carbocycles. The average Bonchev–Trinajstić information content (AvgIpc) is 3.30. The Labute approximate surface area is 207 Å². The summed E-state index contributed by atoms with van der Waals surface area (Å²) in [6.07, 6.45) is 7.68. The quantitative estimate of drug-likeness (QED) is 0.447. The number of rotatable bonds is 6. The van der Waals surface area contributed by atoms with Crippen LogP contribution in [0, 0.1) is 0 Å². The molecular formula is C28H33N7. The van der Waals surface area contributed by atoms with Gasteiger partial charge in [0.15, 0.2) is 0 Å². The summed E-state index contributed by atoms with van der Waals surface area (Å²) in [6.45, 7) is 13.0. The van der Waals surface area contributed by atoms with Crippen LogP contribution in [-0.4, -0.2) is 62.8 Å². The van der Waals surface area contributed by atoms with Crippen molar-refractivity contribution < 1.29 is 0 Å². The van der Waals surface area contributed by atoms with Crippen molar-refractivity contribution in [3.05, 3.63) is 79.0 Å². The second kappa shape index (κ2) is 9.24. The van der Waals surface area contributed by atoms with Crippen LogP contribution in [0.4, 0.5) is 5.82 Å². The first kappa shape index (κ1) is 23.2. The fourth-order valence-electron chi connectivity index (χ4n) is 4.67. The molecule has 7 heteroatoms. The first-order valence-corrected chi connectivity index (χ1v) is 12.0. The third-order valence-corrected chi connectivity index (χ3v) is 7.07. The summed E-state index contributed by atoms with van der Waals surface area (Å²) < 4.78 is 1.82. The number of hydrogen-bond donors (Lipinski definition) is 1. The van der Waals surface area contributed by atoms with Crippen molar-refractivity contribution >= 4 is 22.3 Å². The first-order valence-electron chi connectivity index (χ1n) is 12.0. The van der Waals surface area contributed by atoms with Crippen molar-refractivity contribution in [1.82, 2.24) is 29.5 Å². The summed E-state index contributed by atoms with van der Waals surface area (Å²) in [6, 6.07) is 12.6. The maximum Gasteiger partial charge on any atom is 0.130 e. The Balaban J connectivity index is 1.36. The summed E-state index contributed by atoms with van der Waals surface area (Å²) >= 11 is 0. The van der Waals surface area contributed by atoms with Crippen molar-refractivity contribution in [1.29, 1.82) is 0 Å². The lowest BCUT2D eigenvalue weighted by Crippen LogP contribution is -2.52. The van der Waals surface area contributed by atoms with Gasteiger partial charge in [-0.2, -0.15) is 5.10 Å². The zero-order chi connectivity index (χ0) is 24.6. The second-order valence-electron chi connectivity index (χ2n) is 9.92. The molecule has 1 saturated heterocycles. The minimum Gasteiger partial charge on any atom is -0.340 e. The highest BCUT2D eigenvalue weighted by molar-refractivity contribution is 5.89. The Morgan fingerprint density at radius 2 is 1.71 bits per heavy atom. The summed E-state index contributed by atoms with van der Waals surface area (Å²) in [7, 11) is 4.11. The fourth-order valence-corrected chi connectivity index (χ4v) is 4.67. The van der Waals surface area contributed by atoms with E-state index in [4.69, 9.17) is 4.98 Å². The predicted octanol–water partition coefficient (Wildman–Crippen LogP) is 4.60. The number of fused-ring (bicyclic) bond motifs is 1. The Bertz CT molecular complexity index is 1360. The molecule has 7 nitrogen and oxygen atoms in total. The van der Waals surface area contributed by atoms with Crippen LogP contribution in [0.1, 0.15) is 25.1 Å². The van der Waals surface area contributed by atoms with Gasteiger partial charge in [-0.1, -0.05) is 18.7 Å². The molecule has 1 fully saturated rings. The standard InChI is InChI=1S/C28H33N7/c1-20(21-8-9-29-26(15-21)28(2,3)35-12-10-33(4)11-13-35)32-27-16-24-14-22(6-7-23(24)17-30-27)25-18-31-34(5)19-25/h6-9,14-19H,1,10-13H2,2-5H3,(H,30,32). The molecule has 180 valence electrons. The minimum atomic E-state index is -0.151. The first-order chi connectivity index (χ1) is 16.8. The topological polar surface area (TPSA) is 62.1 Å². The molecule has 0 spiro atoms. The molecule has 4 heterocycles. The van der Waals surface area contributed by atoms with Gasteiger partial charge in [-0.05, 0) is 56.1 Å². The number of nitrogens with one attached hydrogen (secondary N) is 1. The number of nitrogens with zero attached hydrogens (tertiary/aromatic N) is 6. The largest absolute Gasteiger partial charge is 0.340 e. The molecule has 1 aliphatic rings. The van der Waals surface area contributed by atoms with E-state index in [1.807, 2.05) is 42.6 Å². The molecular weight excluding hydrogens is 434 g/mol. The third kappa shape index (κ3) is 4.83. The van der Waals surface area contributed by atoms with Crippen LogP contribution in [0.2, 0.25) is 0 Å². The van der Waals surface area contributed by atoms with E-state index in [9.17, 15) is 0 Å². The highest BCUT2D eigenvalue weighted by Gasteiger charge is 2.32. The number of aryl methyl sites for hydroxylation is 1. The molecule has 0 amide bonds. The van der Waals surface area contributed by atoms with Crippen molar-refractivity contribution in [2.24, 2.45) is 7.05 Å². The van der Waals surface area contributed by atoms with Crippen LogP contribution in [0.15, 0.2) is 67.8 Å². The van der Waals surface area contributed by atoms with Crippen molar-refractivity contribution in [2.45, 2.75) is 19.4 Å². The second-order valence-corrected chi connectivity index (χ2v) is 9.92. The van der Waals surface area contributed by atoms with Gasteiger partial charge in [0, 0.05) is 74.0 Å². The van der Waals surface area contributed by atoms with E-state index in [0.717, 1.165) is 70.9 Å². The van der Waals surface area contributed by atoms with Crippen LogP contribution < -0.4 is 5.32 Å².